The zero-order valence-corrected chi connectivity index (χ0v) is 5.39. The molecule has 0 aliphatic carbocycles. The minimum absolute atomic E-state index is 0. The summed E-state index contributed by atoms with van der Waals surface area (Å²) < 4.78 is 29.0. The van der Waals surface area contributed by atoms with E-state index >= 15 is 0 Å². The Bertz CT molecular complexity index is 11.6. The van der Waals surface area contributed by atoms with Gasteiger partial charge in [-0.15, -0.1) is 0 Å². The zero-order chi connectivity index (χ0) is 3.58. The molecule has 0 rings (SSSR count). The predicted octanol–water partition coefficient (Wildman–Crippen LogP) is 1.18. The Kier molecular flexibility index (Phi) is 7.99. The quantitative estimate of drug-likeness (QED) is 0.438. The molecular weight excluding hydrogens is 134 g/mol. The van der Waals surface area contributed by atoms with Crippen molar-refractivity contribution in [2.24, 2.45) is 0 Å². The first kappa shape index (κ1) is 9.05. The number of hydrogen-bond acceptors (Lipinski definition) is 0. The SMILES string of the molecule is FC(F)F.[Zn]. The molecule has 0 atom stereocenters. The van der Waals surface area contributed by atoms with Crippen LogP contribution in [0.2, 0.25) is 0 Å². The summed E-state index contributed by atoms with van der Waals surface area (Å²) >= 11 is 0. The molecule has 0 bridgehead atoms. The monoisotopic (exact) mass is 134 g/mol. The van der Waals surface area contributed by atoms with E-state index in [4.69, 9.17) is 0 Å². The van der Waals surface area contributed by atoms with E-state index in [9.17, 15) is 13.2 Å². The average Bonchev–Trinajstić information content (AvgIpc) is 0.811. The molecule has 5 heavy (non-hydrogen) atoms. The molecule has 0 amide bonds. The average molecular weight is 135 g/mol. The first-order chi connectivity index (χ1) is 1.73. The van der Waals surface area contributed by atoms with Crippen LogP contribution in [0, 0.1) is 0 Å². The minimum Gasteiger partial charge on any atom is -0.174 e. The molecule has 0 aliphatic heterocycles. The molecule has 0 unspecified atom stereocenters. The van der Waals surface area contributed by atoms with Crippen LogP contribution in [-0.2, 0) is 19.5 Å². The number of hydrogen-bond donors (Lipinski definition) is 0. The fraction of sp³-hybridized carbons (Fsp3) is 1.00. The van der Waals surface area contributed by atoms with Crippen LogP contribution < -0.4 is 0 Å². The molecule has 0 heterocycles. The Morgan fingerprint density at radius 3 is 1.00 bits per heavy atom. The molecular formula is CHF3Zn. The van der Waals surface area contributed by atoms with Gasteiger partial charge in [0.2, 0.25) is 0 Å². The molecule has 0 aromatic carbocycles. The molecule has 0 saturated heterocycles. The Labute approximate surface area is 40.1 Å². The molecule has 4 heteroatoms. The summed E-state index contributed by atoms with van der Waals surface area (Å²) in [5.41, 5.74) is 0. The fourth-order valence-electron chi connectivity index (χ4n) is 0. The van der Waals surface area contributed by atoms with Gasteiger partial charge in [-0.3, -0.25) is 0 Å². The van der Waals surface area contributed by atoms with Crippen LogP contribution in [-0.4, -0.2) is 6.68 Å². The van der Waals surface area contributed by atoms with Crippen molar-refractivity contribution in [1.82, 2.24) is 0 Å². The normalized spacial score (nSPS) is 7.20. The smallest absolute Gasteiger partial charge is 0.174 e. The van der Waals surface area contributed by atoms with Gasteiger partial charge in [0.1, 0.15) is 0 Å². The van der Waals surface area contributed by atoms with Gasteiger partial charge in [0.25, 0.3) is 0 Å². The van der Waals surface area contributed by atoms with Gasteiger partial charge < -0.3 is 0 Å². The topological polar surface area (TPSA) is 0 Å². The molecule has 0 aromatic rings. The van der Waals surface area contributed by atoms with E-state index in [2.05, 4.69) is 0 Å². The summed E-state index contributed by atoms with van der Waals surface area (Å²) in [6.07, 6.45) is 0. The van der Waals surface area contributed by atoms with Crippen LogP contribution in [0.5, 0.6) is 0 Å². The third kappa shape index (κ3) is 150. The molecule has 0 fully saturated rings. The van der Waals surface area contributed by atoms with E-state index in [1.54, 1.807) is 0 Å². The summed E-state index contributed by atoms with van der Waals surface area (Å²) in [6.45, 7) is -3.67. The largest absolute Gasteiger partial charge is 0.379 e. The maximum atomic E-state index is 9.67. The maximum Gasteiger partial charge on any atom is 0.379 e. The Hall–Kier alpha value is 0.413. The van der Waals surface area contributed by atoms with Gasteiger partial charge in [-0.25, -0.2) is 0 Å². The second-order valence-electron chi connectivity index (χ2n) is 0.247. The summed E-state index contributed by atoms with van der Waals surface area (Å²) in [5, 5.41) is 0. The van der Waals surface area contributed by atoms with Gasteiger partial charge in [0.05, 0.1) is 0 Å². The number of alkyl halides is 3. The standard InChI is InChI=1S/CHF3.Zn/c2-1(3)4;/h1H;. The van der Waals surface area contributed by atoms with Crippen molar-refractivity contribution in [1.29, 1.82) is 0 Å². The van der Waals surface area contributed by atoms with Gasteiger partial charge in [-0.1, -0.05) is 0 Å². The Morgan fingerprint density at radius 2 is 1.00 bits per heavy atom. The molecule has 0 aromatic heterocycles. The molecule has 0 N–H and O–H groups in total. The predicted molar refractivity (Wildman–Crippen MR) is 7.11 cm³/mol. The van der Waals surface area contributed by atoms with Crippen LogP contribution in [0.15, 0.2) is 0 Å². The van der Waals surface area contributed by atoms with Crippen molar-refractivity contribution < 1.29 is 32.6 Å². The van der Waals surface area contributed by atoms with E-state index in [-0.39, 0.29) is 19.5 Å². The van der Waals surface area contributed by atoms with E-state index in [1.807, 2.05) is 0 Å². The second-order valence-corrected chi connectivity index (χ2v) is 0.247. The minimum atomic E-state index is -3.67. The first-order valence-electron chi connectivity index (χ1n) is 0.655. The van der Waals surface area contributed by atoms with Gasteiger partial charge in [0, 0.05) is 19.5 Å². The van der Waals surface area contributed by atoms with Crippen molar-refractivity contribution in [2.75, 3.05) is 0 Å². The second kappa shape index (κ2) is 4.41. The summed E-state index contributed by atoms with van der Waals surface area (Å²) in [4.78, 5) is 0. The van der Waals surface area contributed by atoms with Gasteiger partial charge >= 0.3 is 6.68 Å². The summed E-state index contributed by atoms with van der Waals surface area (Å²) in [6, 6.07) is 0. The van der Waals surface area contributed by atoms with Crippen LogP contribution in [0.4, 0.5) is 13.2 Å². The van der Waals surface area contributed by atoms with Crippen LogP contribution in [0.3, 0.4) is 0 Å². The summed E-state index contributed by atoms with van der Waals surface area (Å²) in [5.74, 6) is 0. The van der Waals surface area contributed by atoms with E-state index in [0.29, 0.717) is 0 Å². The van der Waals surface area contributed by atoms with Crippen molar-refractivity contribution in [3.05, 3.63) is 0 Å². The van der Waals surface area contributed by atoms with Gasteiger partial charge in [-0.2, -0.15) is 13.2 Å². The maximum absolute atomic E-state index is 9.67. The van der Waals surface area contributed by atoms with Crippen molar-refractivity contribution in [3.63, 3.8) is 0 Å². The zero-order valence-electron chi connectivity index (χ0n) is 2.42. The van der Waals surface area contributed by atoms with Crippen molar-refractivity contribution in [2.45, 2.75) is 6.68 Å². The third-order valence-corrected chi connectivity index (χ3v) is 0. The molecule has 0 radical (unpaired) electrons. The van der Waals surface area contributed by atoms with Crippen molar-refractivity contribution in [3.8, 4) is 0 Å². The molecule has 0 saturated carbocycles. The summed E-state index contributed by atoms with van der Waals surface area (Å²) in [7, 11) is 0. The van der Waals surface area contributed by atoms with E-state index in [0.717, 1.165) is 0 Å². The number of rotatable bonds is 0. The van der Waals surface area contributed by atoms with Gasteiger partial charge in [-0.05, 0) is 0 Å². The first-order valence-corrected chi connectivity index (χ1v) is 0.655. The van der Waals surface area contributed by atoms with Crippen LogP contribution in [0.25, 0.3) is 0 Å². The fourth-order valence-corrected chi connectivity index (χ4v) is 0. The van der Waals surface area contributed by atoms with Crippen LogP contribution in [0.1, 0.15) is 0 Å². The van der Waals surface area contributed by atoms with Gasteiger partial charge in [0.15, 0.2) is 0 Å². The Balaban J connectivity index is 0. The molecule has 0 nitrogen and oxygen atoms in total. The molecule has 0 aliphatic rings. The Morgan fingerprint density at radius 1 is 1.00 bits per heavy atom. The van der Waals surface area contributed by atoms with E-state index in [1.165, 1.54) is 0 Å². The van der Waals surface area contributed by atoms with E-state index < -0.39 is 6.68 Å². The van der Waals surface area contributed by atoms with Crippen LogP contribution >= 0.6 is 0 Å². The third-order valence-electron chi connectivity index (χ3n) is 0. The molecule has 28 valence electrons. The molecule has 0 spiro atoms. The number of halogens is 3. The van der Waals surface area contributed by atoms with Crippen molar-refractivity contribution >= 4 is 0 Å².